The van der Waals surface area contributed by atoms with Crippen LogP contribution in [0.5, 0.6) is 0 Å². The second-order valence-electron chi connectivity index (χ2n) is 4.45. The minimum Gasteiger partial charge on any atom is -0.380 e. The van der Waals surface area contributed by atoms with Crippen molar-refractivity contribution in [1.82, 2.24) is 20.1 Å². The molecule has 0 aliphatic carbocycles. The molecule has 3 rings (SSSR count). The average molecular weight is 264 g/mol. The van der Waals surface area contributed by atoms with Crippen molar-refractivity contribution < 1.29 is 4.74 Å². The third-order valence-corrected chi connectivity index (χ3v) is 4.14. The van der Waals surface area contributed by atoms with Gasteiger partial charge in [0.1, 0.15) is 5.82 Å². The number of aromatic nitrogens is 3. The highest BCUT2D eigenvalue weighted by atomic mass is 32.1. The van der Waals surface area contributed by atoms with Crippen LogP contribution in [0.1, 0.15) is 18.3 Å². The first-order chi connectivity index (χ1) is 8.78. The molecule has 1 saturated heterocycles. The molecule has 2 aromatic heterocycles. The van der Waals surface area contributed by atoms with Crippen LogP contribution in [-0.4, -0.2) is 34.5 Å². The molecule has 96 valence electrons. The Bertz CT molecular complexity index is 522. The summed E-state index contributed by atoms with van der Waals surface area (Å²) in [5.74, 6) is 1.79. The summed E-state index contributed by atoms with van der Waals surface area (Å²) in [5, 5.41) is 9.95. The predicted molar refractivity (Wildman–Crippen MR) is 70.5 cm³/mol. The molecule has 0 bridgehead atoms. The number of ether oxygens (including phenoxy) is 1. The van der Waals surface area contributed by atoms with Crippen LogP contribution in [0.4, 0.5) is 0 Å². The van der Waals surface area contributed by atoms with Gasteiger partial charge in [-0.05, 0) is 17.9 Å². The summed E-state index contributed by atoms with van der Waals surface area (Å²) in [5.41, 5.74) is 0. The molecule has 2 unspecified atom stereocenters. The van der Waals surface area contributed by atoms with E-state index in [1.165, 1.54) is 0 Å². The first kappa shape index (κ1) is 11.8. The van der Waals surface area contributed by atoms with E-state index in [9.17, 15) is 0 Å². The second kappa shape index (κ2) is 4.79. The fourth-order valence-corrected chi connectivity index (χ4v) is 2.94. The molecule has 18 heavy (non-hydrogen) atoms. The topological polar surface area (TPSA) is 52.0 Å². The summed E-state index contributed by atoms with van der Waals surface area (Å²) in [6.45, 7) is 0.877. The highest BCUT2D eigenvalue weighted by Gasteiger charge is 2.28. The smallest absolute Gasteiger partial charge is 0.191 e. The van der Waals surface area contributed by atoms with Gasteiger partial charge in [-0.1, -0.05) is 6.07 Å². The Morgan fingerprint density at radius 2 is 2.44 bits per heavy atom. The van der Waals surface area contributed by atoms with Gasteiger partial charge in [0, 0.05) is 20.7 Å². The van der Waals surface area contributed by atoms with Gasteiger partial charge >= 0.3 is 0 Å². The standard InChI is InChI=1S/C12H16N4OS/c1-16-12(9-6-8(17-2)7-13-9)14-11(15-16)10-4-3-5-18-10/h3-5,8-9,13H,6-7H2,1-2H3. The van der Waals surface area contributed by atoms with E-state index in [0.717, 1.165) is 29.5 Å². The summed E-state index contributed by atoms with van der Waals surface area (Å²) in [4.78, 5) is 5.76. The number of methoxy groups -OCH3 is 1. The second-order valence-corrected chi connectivity index (χ2v) is 5.40. The molecular weight excluding hydrogens is 248 g/mol. The zero-order valence-electron chi connectivity index (χ0n) is 10.5. The van der Waals surface area contributed by atoms with E-state index >= 15 is 0 Å². The van der Waals surface area contributed by atoms with Crippen molar-refractivity contribution in [1.29, 1.82) is 0 Å². The normalized spacial score (nSPS) is 23.7. The molecule has 0 aromatic carbocycles. The van der Waals surface area contributed by atoms with Gasteiger partial charge in [0.25, 0.3) is 0 Å². The molecule has 1 aliphatic rings. The van der Waals surface area contributed by atoms with Gasteiger partial charge in [-0.15, -0.1) is 11.3 Å². The predicted octanol–water partition coefficient (Wildman–Crippen LogP) is 1.59. The molecule has 1 N–H and O–H groups in total. The quantitative estimate of drug-likeness (QED) is 0.914. The zero-order valence-corrected chi connectivity index (χ0v) is 11.3. The van der Waals surface area contributed by atoms with E-state index in [-0.39, 0.29) is 12.1 Å². The van der Waals surface area contributed by atoms with E-state index in [2.05, 4.69) is 15.4 Å². The van der Waals surface area contributed by atoms with Gasteiger partial charge in [-0.2, -0.15) is 5.10 Å². The molecule has 1 fully saturated rings. The molecule has 0 spiro atoms. The van der Waals surface area contributed by atoms with Crippen molar-refractivity contribution in [3.63, 3.8) is 0 Å². The summed E-state index contributed by atoms with van der Waals surface area (Å²) in [7, 11) is 3.70. The first-order valence-electron chi connectivity index (χ1n) is 5.99. The summed E-state index contributed by atoms with van der Waals surface area (Å²) < 4.78 is 7.23. The zero-order chi connectivity index (χ0) is 12.5. The molecule has 5 nitrogen and oxygen atoms in total. The van der Waals surface area contributed by atoms with Crippen LogP contribution in [0.15, 0.2) is 17.5 Å². The summed E-state index contributed by atoms with van der Waals surface area (Å²) in [6.07, 6.45) is 1.23. The van der Waals surface area contributed by atoms with Gasteiger partial charge in [0.05, 0.1) is 17.0 Å². The summed E-state index contributed by atoms with van der Waals surface area (Å²) in [6, 6.07) is 4.30. The maximum absolute atomic E-state index is 5.36. The van der Waals surface area contributed by atoms with Crippen LogP contribution in [0, 0.1) is 0 Å². The van der Waals surface area contributed by atoms with Crippen LogP contribution in [0.3, 0.4) is 0 Å². The van der Waals surface area contributed by atoms with Gasteiger partial charge in [0.2, 0.25) is 0 Å². The molecular formula is C12H16N4OS. The fraction of sp³-hybridized carbons (Fsp3) is 0.500. The Morgan fingerprint density at radius 3 is 3.11 bits per heavy atom. The van der Waals surface area contributed by atoms with Crippen molar-refractivity contribution >= 4 is 11.3 Å². The number of thiophene rings is 1. The molecule has 1 aliphatic heterocycles. The lowest BCUT2D eigenvalue weighted by Gasteiger charge is -2.08. The van der Waals surface area contributed by atoms with Gasteiger partial charge in [-0.3, -0.25) is 4.68 Å². The maximum atomic E-state index is 5.36. The van der Waals surface area contributed by atoms with Crippen molar-refractivity contribution in [2.45, 2.75) is 18.6 Å². The minimum absolute atomic E-state index is 0.237. The maximum Gasteiger partial charge on any atom is 0.191 e. The Balaban J connectivity index is 1.85. The minimum atomic E-state index is 0.237. The molecule has 2 atom stereocenters. The van der Waals surface area contributed by atoms with Gasteiger partial charge < -0.3 is 10.1 Å². The number of hydrogen-bond acceptors (Lipinski definition) is 5. The van der Waals surface area contributed by atoms with Crippen LogP contribution in [0.25, 0.3) is 10.7 Å². The van der Waals surface area contributed by atoms with Crippen molar-refractivity contribution in [3.05, 3.63) is 23.3 Å². The van der Waals surface area contributed by atoms with E-state index < -0.39 is 0 Å². The van der Waals surface area contributed by atoms with Gasteiger partial charge in [0.15, 0.2) is 5.82 Å². The Kier molecular flexibility index (Phi) is 3.15. The van der Waals surface area contributed by atoms with Crippen LogP contribution in [-0.2, 0) is 11.8 Å². The lowest BCUT2D eigenvalue weighted by atomic mass is 10.2. The van der Waals surface area contributed by atoms with Crippen LogP contribution >= 0.6 is 11.3 Å². The molecule has 0 radical (unpaired) electrons. The molecule has 6 heteroatoms. The van der Waals surface area contributed by atoms with E-state index in [0.29, 0.717) is 0 Å². The Hall–Kier alpha value is -1.24. The highest BCUT2D eigenvalue weighted by molar-refractivity contribution is 7.13. The van der Waals surface area contributed by atoms with E-state index in [4.69, 9.17) is 4.74 Å². The Morgan fingerprint density at radius 1 is 1.56 bits per heavy atom. The van der Waals surface area contributed by atoms with E-state index in [1.807, 2.05) is 29.2 Å². The number of nitrogens with zero attached hydrogens (tertiary/aromatic N) is 3. The average Bonchev–Trinajstić information content (AvgIpc) is 3.08. The third-order valence-electron chi connectivity index (χ3n) is 3.27. The van der Waals surface area contributed by atoms with Gasteiger partial charge in [-0.25, -0.2) is 4.98 Å². The van der Waals surface area contributed by atoms with Crippen LogP contribution < -0.4 is 5.32 Å². The van der Waals surface area contributed by atoms with Crippen molar-refractivity contribution in [3.8, 4) is 10.7 Å². The SMILES string of the molecule is COC1CNC(c2nc(-c3cccs3)nn2C)C1. The number of hydrogen-bond donors (Lipinski definition) is 1. The van der Waals surface area contributed by atoms with Crippen molar-refractivity contribution in [2.24, 2.45) is 7.05 Å². The molecule has 0 saturated carbocycles. The largest absolute Gasteiger partial charge is 0.380 e. The van der Waals surface area contributed by atoms with Crippen LogP contribution in [0.2, 0.25) is 0 Å². The molecule has 3 heterocycles. The fourth-order valence-electron chi connectivity index (χ4n) is 2.29. The number of aryl methyl sites for hydroxylation is 1. The first-order valence-corrected chi connectivity index (χ1v) is 6.87. The number of nitrogens with one attached hydrogen (secondary N) is 1. The highest BCUT2D eigenvalue weighted by Crippen LogP contribution is 2.27. The number of rotatable bonds is 3. The Labute approximate surface area is 110 Å². The van der Waals surface area contributed by atoms with E-state index in [1.54, 1.807) is 18.4 Å². The lowest BCUT2D eigenvalue weighted by molar-refractivity contribution is 0.117. The summed E-state index contributed by atoms with van der Waals surface area (Å²) >= 11 is 1.66. The third kappa shape index (κ3) is 2.07. The lowest BCUT2D eigenvalue weighted by Crippen LogP contribution is -2.18. The monoisotopic (exact) mass is 264 g/mol. The van der Waals surface area contributed by atoms with Crippen molar-refractivity contribution in [2.75, 3.05) is 13.7 Å². The molecule has 2 aromatic rings. The molecule has 0 amide bonds.